The van der Waals surface area contributed by atoms with Crippen LogP contribution in [0.25, 0.3) is 0 Å². The van der Waals surface area contributed by atoms with E-state index in [9.17, 15) is 4.79 Å². The van der Waals surface area contributed by atoms with E-state index in [4.69, 9.17) is 18.0 Å². The van der Waals surface area contributed by atoms with E-state index in [0.717, 1.165) is 12.2 Å². The summed E-state index contributed by atoms with van der Waals surface area (Å²) in [6, 6.07) is 0.712. The van der Waals surface area contributed by atoms with Crippen LogP contribution in [0, 0.1) is 0 Å². The molecule has 0 fully saturated rings. The minimum absolute atomic E-state index is 0.0435. The van der Waals surface area contributed by atoms with Gasteiger partial charge in [0.25, 0.3) is 0 Å². The standard InChI is InChI=1S/C9H20O5SSi/c1-11-8-9(10)15-6-5-7-16(12-2,13-3)14-4/h5-8H2,1-4H3. The smallest absolute Gasteiger partial charge is 0.377 e. The van der Waals surface area contributed by atoms with Gasteiger partial charge in [0.05, 0.1) is 0 Å². The van der Waals surface area contributed by atoms with Crippen molar-refractivity contribution in [3.05, 3.63) is 0 Å². The molecule has 5 nitrogen and oxygen atoms in total. The van der Waals surface area contributed by atoms with Gasteiger partial charge in [0, 0.05) is 40.2 Å². The molecule has 0 atom stereocenters. The Morgan fingerprint density at radius 1 is 1.12 bits per heavy atom. The third-order valence-corrected chi connectivity index (χ3v) is 5.85. The first-order valence-corrected chi connectivity index (χ1v) is 7.86. The lowest BCUT2D eigenvalue weighted by molar-refractivity contribution is -0.114. The van der Waals surface area contributed by atoms with E-state index in [1.54, 1.807) is 21.3 Å². The fraction of sp³-hybridized carbons (Fsp3) is 0.889. The van der Waals surface area contributed by atoms with Crippen molar-refractivity contribution in [2.45, 2.75) is 12.5 Å². The van der Waals surface area contributed by atoms with Gasteiger partial charge < -0.3 is 18.0 Å². The molecule has 0 radical (unpaired) electrons. The fourth-order valence-electron chi connectivity index (χ4n) is 1.19. The van der Waals surface area contributed by atoms with Gasteiger partial charge in [-0.25, -0.2) is 0 Å². The number of carbonyl (C=O) groups is 1. The number of methoxy groups -OCH3 is 1. The Bertz CT molecular complexity index is 190. The molecule has 0 aliphatic carbocycles. The number of hydrogen-bond acceptors (Lipinski definition) is 6. The van der Waals surface area contributed by atoms with Gasteiger partial charge in [-0.1, -0.05) is 11.8 Å². The van der Waals surface area contributed by atoms with Crippen molar-refractivity contribution in [3.8, 4) is 0 Å². The second-order valence-electron chi connectivity index (χ2n) is 3.05. The van der Waals surface area contributed by atoms with Gasteiger partial charge in [0.2, 0.25) is 5.12 Å². The highest BCUT2D eigenvalue weighted by atomic mass is 32.2. The minimum atomic E-state index is -2.46. The molecule has 0 N–H and O–H groups in total. The maximum Gasteiger partial charge on any atom is 0.500 e. The fourth-order valence-corrected chi connectivity index (χ4v) is 3.89. The quantitative estimate of drug-likeness (QED) is 0.462. The third-order valence-electron chi connectivity index (χ3n) is 2.09. The van der Waals surface area contributed by atoms with E-state index < -0.39 is 8.80 Å². The highest BCUT2D eigenvalue weighted by Crippen LogP contribution is 2.17. The van der Waals surface area contributed by atoms with Crippen LogP contribution in [0.5, 0.6) is 0 Å². The molecule has 0 saturated carbocycles. The summed E-state index contributed by atoms with van der Waals surface area (Å²) in [5.41, 5.74) is 0. The maximum atomic E-state index is 11.1. The molecule has 0 rings (SSSR count). The average molecular weight is 268 g/mol. The number of rotatable bonds is 9. The van der Waals surface area contributed by atoms with E-state index >= 15 is 0 Å². The average Bonchev–Trinajstić information content (AvgIpc) is 2.31. The Kier molecular flexibility index (Phi) is 9.19. The molecule has 0 unspecified atom stereocenters. The van der Waals surface area contributed by atoms with Crippen LogP contribution < -0.4 is 0 Å². The summed E-state index contributed by atoms with van der Waals surface area (Å²) in [5, 5.41) is 0.0435. The molecule has 0 aliphatic heterocycles. The molecule has 0 bridgehead atoms. The molecule has 7 heteroatoms. The molecule has 0 aromatic heterocycles. The maximum absolute atomic E-state index is 11.1. The molecule has 0 heterocycles. The van der Waals surface area contributed by atoms with Crippen molar-refractivity contribution in [2.24, 2.45) is 0 Å². The van der Waals surface area contributed by atoms with Gasteiger partial charge in [0.1, 0.15) is 6.61 Å². The predicted molar refractivity (Wildman–Crippen MR) is 65.5 cm³/mol. The summed E-state index contributed by atoms with van der Waals surface area (Å²) < 4.78 is 20.5. The van der Waals surface area contributed by atoms with Gasteiger partial charge in [-0.05, 0) is 6.42 Å². The highest BCUT2D eigenvalue weighted by molar-refractivity contribution is 8.13. The predicted octanol–water partition coefficient (Wildman–Crippen LogP) is 1.16. The molecule has 96 valence electrons. The first-order chi connectivity index (χ1) is 7.64. The second kappa shape index (κ2) is 9.14. The van der Waals surface area contributed by atoms with Gasteiger partial charge in [-0.3, -0.25) is 4.79 Å². The lowest BCUT2D eigenvalue weighted by Crippen LogP contribution is -2.42. The molecule has 0 amide bonds. The lowest BCUT2D eigenvalue weighted by atomic mass is 10.6. The largest absolute Gasteiger partial charge is 0.500 e. The molecule has 0 saturated heterocycles. The van der Waals surface area contributed by atoms with Crippen LogP contribution in [-0.2, 0) is 22.8 Å². The van der Waals surface area contributed by atoms with Crippen LogP contribution in [0.1, 0.15) is 6.42 Å². The molecular weight excluding hydrogens is 248 g/mol. The second-order valence-corrected chi connectivity index (χ2v) is 7.30. The van der Waals surface area contributed by atoms with Crippen LogP contribution in [0.2, 0.25) is 6.04 Å². The summed E-state index contributed by atoms with van der Waals surface area (Å²) in [6.45, 7) is 0.159. The Balaban J connectivity index is 3.74. The van der Waals surface area contributed by atoms with Gasteiger partial charge >= 0.3 is 8.80 Å². The van der Waals surface area contributed by atoms with Crippen LogP contribution in [0.15, 0.2) is 0 Å². The summed E-state index contributed by atoms with van der Waals surface area (Å²) in [4.78, 5) is 11.1. The SMILES string of the molecule is COCC(=O)SCCC[Si](OC)(OC)OC. The molecule has 0 aliphatic rings. The topological polar surface area (TPSA) is 54.0 Å². The van der Waals surface area contributed by atoms with E-state index in [0.29, 0.717) is 6.04 Å². The molecule has 0 spiro atoms. The van der Waals surface area contributed by atoms with Gasteiger partial charge in [0.15, 0.2) is 0 Å². The minimum Gasteiger partial charge on any atom is -0.377 e. The van der Waals surface area contributed by atoms with Crippen molar-refractivity contribution in [3.63, 3.8) is 0 Å². The Labute approximate surface area is 102 Å². The Hall–Kier alpha value is 0.0769. The van der Waals surface area contributed by atoms with Gasteiger partial charge in [-0.15, -0.1) is 0 Å². The van der Waals surface area contributed by atoms with E-state index in [1.807, 2.05) is 0 Å². The van der Waals surface area contributed by atoms with Crippen LogP contribution >= 0.6 is 11.8 Å². The van der Waals surface area contributed by atoms with E-state index in [-0.39, 0.29) is 11.7 Å². The number of carbonyl (C=O) groups excluding carboxylic acids is 1. The molecule has 0 aromatic rings. The lowest BCUT2D eigenvalue weighted by Gasteiger charge is -2.23. The van der Waals surface area contributed by atoms with E-state index in [1.165, 1.54) is 18.9 Å². The summed E-state index contributed by atoms with van der Waals surface area (Å²) in [5.74, 6) is 0.729. The summed E-state index contributed by atoms with van der Waals surface area (Å²) in [6.07, 6.45) is 0.821. The highest BCUT2D eigenvalue weighted by Gasteiger charge is 2.36. The first-order valence-electron chi connectivity index (χ1n) is 4.94. The summed E-state index contributed by atoms with van der Waals surface area (Å²) >= 11 is 1.26. The first kappa shape index (κ1) is 16.1. The molecule has 0 aromatic carbocycles. The normalized spacial score (nSPS) is 11.8. The molecular formula is C9H20O5SSi. The van der Waals surface area contributed by atoms with Crippen LogP contribution in [-0.4, -0.2) is 54.7 Å². The number of thioether (sulfide) groups is 1. The van der Waals surface area contributed by atoms with Crippen molar-refractivity contribution in [1.29, 1.82) is 0 Å². The van der Waals surface area contributed by atoms with Crippen molar-refractivity contribution < 1.29 is 22.8 Å². The summed E-state index contributed by atoms with van der Waals surface area (Å²) in [7, 11) is 3.80. The number of hydrogen-bond donors (Lipinski definition) is 0. The Morgan fingerprint density at radius 2 is 1.69 bits per heavy atom. The molecule has 16 heavy (non-hydrogen) atoms. The van der Waals surface area contributed by atoms with Crippen molar-refractivity contribution in [1.82, 2.24) is 0 Å². The monoisotopic (exact) mass is 268 g/mol. The zero-order valence-electron chi connectivity index (χ0n) is 10.3. The van der Waals surface area contributed by atoms with Crippen molar-refractivity contribution in [2.75, 3.05) is 40.8 Å². The van der Waals surface area contributed by atoms with Crippen LogP contribution in [0.4, 0.5) is 0 Å². The van der Waals surface area contributed by atoms with Gasteiger partial charge in [-0.2, -0.15) is 0 Å². The zero-order valence-corrected chi connectivity index (χ0v) is 12.1. The van der Waals surface area contributed by atoms with Crippen LogP contribution in [0.3, 0.4) is 0 Å². The Morgan fingerprint density at radius 3 is 2.12 bits per heavy atom. The third kappa shape index (κ3) is 5.97. The number of ether oxygens (including phenoxy) is 1. The van der Waals surface area contributed by atoms with Crippen molar-refractivity contribution >= 4 is 25.7 Å². The van der Waals surface area contributed by atoms with E-state index in [2.05, 4.69) is 0 Å². The zero-order chi connectivity index (χ0) is 12.4.